The van der Waals surface area contributed by atoms with Crippen molar-refractivity contribution in [2.24, 2.45) is 0 Å². The van der Waals surface area contributed by atoms with Crippen molar-refractivity contribution in [3.63, 3.8) is 0 Å². The van der Waals surface area contributed by atoms with Gasteiger partial charge in [0, 0.05) is 23.3 Å². The van der Waals surface area contributed by atoms with Gasteiger partial charge < -0.3 is 34.0 Å². The summed E-state index contributed by atoms with van der Waals surface area (Å²) in [7, 11) is 0. The summed E-state index contributed by atoms with van der Waals surface area (Å²) in [5.74, 6) is -0.138. The van der Waals surface area contributed by atoms with E-state index >= 15 is 0 Å². The Morgan fingerprint density at radius 3 is 1.75 bits per heavy atom. The van der Waals surface area contributed by atoms with Crippen LogP contribution in [-0.2, 0) is 0 Å². The van der Waals surface area contributed by atoms with Gasteiger partial charge in [-0.25, -0.2) is 0 Å². The molecule has 0 atom stereocenters. The number of nitrogens with zero attached hydrogens (tertiary/aromatic N) is 1. The number of nitro benzene ring substituents is 1. The molecular formula is C13H9Br2MgNO3. The Balaban J connectivity index is 0. The maximum atomic E-state index is 12.0. The first-order valence-corrected chi connectivity index (χ1v) is 5.02. The van der Waals surface area contributed by atoms with Gasteiger partial charge in [-0.3, -0.25) is 14.9 Å². The Bertz CT molecular complexity index is 562. The van der Waals surface area contributed by atoms with Crippen molar-refractivity contribution in [1.29, 1.82) is 0 Å². The fourth-order valence-corrected chi connectivity index (χ4v) is 1.49. The number of halogens is 2. The van der Waals surface area contributed by atoms with Gasteiger partial charge in [0.1, 0.15) is 0 Å². The molecule has 0 N–H and O–H groups in total. The van der Waals surface area contributed by atoms with Crippen LogP contribution in [0.15, 0.2) is 54.6 Å². The van der Waals surface area contributed by atoms with Gasteiger partial charge in [-0.15, -0.1) is 0 Å². The molecule has 0 aliphatic carbocycles. The predicted octanol–water partition coefficient (Wildman–Crippen LogP) is -3.55. The molecule has 0 saturated carbocycles. The van der Waals surface area contributed by atoms with Gasteiger partial charge in [0.15, 0.2) is 5.78 Å². The molecule has 2 aromatic rings. The van der Waals surface area contributed by atoms with Gasteiger partial charge in [-0.2, -0.15) is 0 Å². The van der Waals surface area contributed by atoms with Crippen molar-refractivity contribution >= 4 is 34.5 Å². The molecule has 0 spiro atoms. The van der Waals surface area contributed by atoms with Gasteiger partial charge in [0.2, 0.25) is 0 Å². The third-order valence-corrected chi connectivity index (χ3v) is 2.38. The van der Waals surface area contributed by atoms with E-state index in [4.69, 9.17) is 0 Å². The molecule has 0 radical (unpaired) electrons. The van der Waals surface area contributed by atoms with Crippen LogP contribution in [0.3, 0.4) is 0 Å². The van der Waals surface area contributed by atoms with E-state index in [-0.39, 0.29) is 68.5 Å². The van der Waals surface area contributed by atoms with Crippen LogP contribution in [0.2, 0.25) is 0 Å². The zero-order valence-corrected chi connectivity index (χ0v) is 14.9. The SMILES string of the molecule is O=C(c1ccccc1)c1ccc([N+](=O)[O-])cc1.[Br-].[Br-].[Mg+2]. The Morgan fingerprint density at radius 1 is 0.850 bits per heavy atom. The van der Waals surface area contributed by atoms with E-state index in [9.17, 15) is 14.9 Å². The van der Waals surface area contributed by atoms with E-state index < -0.39 is 4.92 Å². The van der Waals surface area contributed by atoms with Crippen LogP contribution in [0.4, 0.5) is 5.69 Å². The number of non-ortho nitro benzene ring substituents is 1. The van der Waals surface area contributed by atoms with Crippen LogP contribution in [0.5, 0.6) is 0 Å². The van der Waals surface area contributed by atoms with Crippen molar-refractivity contribution in [2.75, 3.05) is 0 Å². The van der Waals surface area contributed by atoms with E-state index in [1.165, 1.54) is 24.3 Å². The molecule has 2 aromatic carbocycles. The molecule has 7 heteroatoms. The summed E-state index contributed by atoms with van der Waals surface area (Å²) in [6.45, 7) is 0. The van der Waals surface area contributed by atoms with Gasteiger partial charge in [0.25, 0.3) is 5.69 Å². The van der Waals surface area contributed by atoms with Gasteiger partial charge in [-0.05, 0) is 12.1 Å². The van der Waals surface area contributed by atoms with Gasteiger partial charge in [-0.1, -0.05) is 30.3 Å². The summed E-state index contributed by atoms with van der Waals surface area (Å²) in [5, 5.41) is 10.5. The van der Waals surface area contributed by atoms with E-state index in [2.05, 4.69) is 0 Å². The van der Waals surface area contributed by atoms with Crippen LogP contribution < -0.4 is 34.0 Å². The summed E-state index contributed by atoms with van der Waals surface area (Å²) < 4.78 is 0. The molecule has 100 valence electrons. The van der Waals surface area contributed by atoms with Crippen molar-refractivity contribution in [3.8, 4) is 0 Å². The molecule has 0 heterocycles. The molecule has 0 saturated heterocycles. The number of carbonyl (C=O) groups is 1. The maximum absolute atomic E-state index is 12.0. The Kier molecular flexibility index (Phi) is 10.8. The summed E-state index contributed by atoms with van der Waals surface area (Å²) in [6.07, 6.45) is 0. The average molecular weight is 411 g/mol. The number of ketones is 1. The van der Waals surface area contributed by atoms with Crippen LogP contribution >= 0.6 is 0 Å². The molecule has 0 aliphatic rings. The molecular weight excluding hydrogens is 402 g/mol. The molecule has 2 rings (SSSR count). The number of rotatable bonds is 3. The summed E-state index contributed by atoms with van der Waals surface area (Å²) in [4.78, 5) is 21.9. The largest absolute Gasteiger partial charge is 2.00 e. The Labute approximate surface area is 153 Å². The first-order chi connectivity index (χ1) is 8.18. The fraction of sp³-hybridized carbons (Fsp3) is 0. The van der Waals surface area contributed by atoms with E-state index in [0.29, 0.717) is 11.1 Å². The summed E-state index contributed by atoms with van der Waals surface area (Å²) in [5.41, 5.74) is 0.998. The van der Waals surface area contributed by atoms with Crippen molar-refractivity contribution in [1.82, 2.24) is 0 Å². The zero-order valence-electron chi connectivity index (χ0n) is 10.3. The van der Waals surface area contributed by atoms with Crippen LogP contribution in [0.25, 0.3) is 0 Å². The summed E-state index contributed by atoms with van der Waals surface area (Å²) >= 11 is 0. The van der Waals surface area contributed by atoms with Crippen LogP contribution in [0.1, 0.15) is 15.9 Å². The molecule has 0 aromatic heterocycles. The van der Waals surface area contributed by atoms with E-state index in [1.54, 1.807) is 24.3 Å². The smallest absolute Gasteiger partial charge is 1.00 e. The number of benzene rings is 2. The topological polar surface area (TPSA) is 60.2 Å². The predicted molar refractivity (Wildman–Crippen MR) is 68.7 cm³/mol. The minimum atomic E-state index is -0.489. The molecule has 0 fully saturated rings. The third-order valence-electron chi connectivity index (χ3n) is 2.38. The number of nitro groups is 1. The standard InChI is InChI=1S/C13H9NO3.2BrH.Mg/c15-13(10-4-2-1-3-5-10)11-6-8-12(9-7-11)14(16)17;;;/h1-9H;2*1H;/q;;;+2/p-2. The van der Waals surface area contributed by atoms with Crippen molar-refractivity contribution in [2.45, 2.75) is 0 Å². The minimum absolute atomic E-state index is 0. The second kappa shape index (κ2) is 10.0. The average Bonchev–Trinajstić information content (AvgIpc) is 2.39. The number of carbonyl (C=O) groups excluding carboxylic acids is 1. The maximum Gasteiger partial charge on any atom is 2.00 e. The van der Waals surface area contributed by atoms with Crippen LogP contribution in [0, 0.1) is 10.1 Å². The van der Waals surface area contributed by atoms with E-state index in [0.717, 1.165) is 0 Å². The molecule has 20 heavy (non-hydrogen) atoms. The molecule has 4 nitrogen and oxygen atoms in total. The molecule has 0 aliphatic heterocycles. The first kappa shape index (κ1) is 21.5. The van der Waals surface area contributed by atoms with Gasteiger partial charge >= 0.3 is 23.1 Å². The first-order valence-electron chi connectivity index (χ1n) is 5.02. The van der Waals surface area contributed by atoms with Crippen molar-refractivity contribution in [3.05, 3.63) is 75.8 Å². The van der Waals surface area contributed by atoms with Crippen LogP contribution in [-0.4, -0.2) is 33.8 Å². The molecule has 0 bridgehead atoms. The fourth-order valence-electron chi connectivity index (χ4n) is 1.49. The number of hydrogen-bond acceptors (Lipinski definition) is 3. The summed E-state index contributed by atoms with van der Waals surface area (Å²) in [6, 6.07) is 14.4. The number of hydrogen-bond donors (Lipinski definition) is 0. The minimum Gasteiger partial charge on any atom is -1.00 e. The Hall–Kier alpha value is -0.764. The quantitative estimate of drug-likeness (QED) is 0.228. The van der Waals surface area contributed by atoms with Gasteiger partial charge in [0.05, 0.1) is 4.92 Å². The van der Waals surface area contributed by atoms with Crippen molar-refractivity contribution < 1.29 is 43.7 Å². The monoisotopic (exact) mass is 409 g/mol. The zero-order chi connectivity index (χ0) is 12.3. The second-order valence-corrected chi connectivity index (χ2v) is 3.50. The normalized spacial score (nSPS) is 8.40. The third kappa shape index (κ3) is 5.32. The molecule has 0 unspecified atom stereocenters. The Morgan fingerprint density at radius 2 is 1.30 bits per heavy atom. The van der Waals surface area contributed by atoms with E-state index in [1.807, 2.05) is 6.07 Å². The second-order valence-electron chi connectivity index (χ2n) is 3.50. The molecule has 0 amide bonds.